The summed E-state index contributed by atoms with van der Waals surface area (Å²) in [5, 5.41) is 5.93. The van der Waals surface area contributed by atoms with E-state index < -0.39 is 6.04 Å². The van der Waals surface area contributed by atoms with Crippen molar-refractivity contribution in [1.82, 2.24) is 10.6 Å². The summed E-state index contributed by atoms with van der Waals surface area (Å²) < 4.78 is 0. The molecule has 2 rings (SSSR count). The molecule has 0 fully saturated rings. The second-order valence-electron chi connectivity index (χ2n) is 7.16. The molecule has 0 saturated carbocycles. The number of hydrogen-bond donors (Lipinski definition) is 2. The van der Waals surface area contributed by atoms with E-state index in [4.69, 9.17) is 0 Å². The second-order valence-corrected chi connectivity index (χ2v) is 8.62. The van der Waals surface area contributed by atoms with Crippen molar-refractivity contribution in [2.45, 2.75) is 53.6 Å². The summed E-state index contributed by atoms with van der Waals surface area (Å²) in [6.45, 7) is 11.9. The third-order valence-electron chi connectivity index (χ3n) is 4.45. The largest absolute Gasteiger partial charge is 0.348 e. The third kappa shape index (κ3) is 4.94. The molecule has 1 aromatic heterocycles. The molecule has 2 atom stereocenters. The van der Waals surface area contributed by atoms with Crippen LogP contribution in [-0.4, -0.2) is 17.9 Å². The minimum atomic E-state index is -0.578. The first-order chi connectivity index (χ1) is 12.2. The Labute approximate surface area is 160 Å². The highest BCUT2D eigenvalue weighted by Crippen LogP contribution is 2.26. The van der Waals surface area contributed by atoms with E-state index in [1.807, 2.05) is 39.8 Å². The van der Waals surface area contributed by atoms with Crippen LogP contribution < -0.4 is 10.6 Å². The number of rotatable bonds is 6. The van der Waals surface area contributed by atoms with Gasteiger partial charge in [-0.3, -0.25) is 9.59 Å². The van der Waals surface area contributed by atoms with E-state index in [0.717, 1.165) is 11.1 Å². The Morgan fingerprint density at radius 3 is 2.08 bits per heavy atom. The zero-order valence-corrected chi connectivity index (χ0v) is 17.2. The zero-order chi connectivity index (χ0) is 19.4. The van der Waals surface area contributed by atoms with E-state index in [2.05, 4.69) is 30.5 Å². The van der Waals surface area contributed by atoms with Gasteiger partial charge in [0.05, 0.1) is 6.04 Å². The monoisotopic (exact) mass is 372 g/mol. The van der Waals surface area contributed by atoms with Gasteiger partial charge in [-0.2, -0.15) is 0 Å². The Morgan fingerprint density at radius 1 is 0.962 bits per heavy atom. The summed E-state index contributed by atoms with van der Waals surface area (Å²) in [6, 6.07) is 8.78. The van der Waals surface area contributed by atoms with Gasteiger partial charge in [-0.05, 0) is 57.4 Å². The molecular weight excluding hydrogens is 344 g/mol. The lowest BCUT2D eigenvalue weighted by Gasteiger charge is -2.24. The predicted molar refractivity (Wildman–Crippen MR) is 108 cm³/mol. The molecule has 2 aromatic rings. The van der Waals surface area contributed by atoms with Gasteiger partial charge in [0.2, 0.25) is 5.91 Å². The summed E-state index contributed by atoms with van der Waals surface area (Å²) >= 11 is 1.73. The number of benzene rings is 1. The van der Waals surface area contributed by atoms with Gasteiger partial charge in [-0.25, -0.2) is 0 Å². The number of nitrogens with one attached hydrogen (secondary N) is 2. The van der Waals surface area contributed by atoms with Crippen LogP contribution in [0.4, 0.5) is 0 Å². The standard InChI is InChI=1S/C21H28N2O2S/c1-12(2)19(23-20(24)17-9-7-13(3)8-10-17)21(25)22-15(5)18-11-14(4)26-16(18)6/h7-12,15,19H,1-6H3,(H,22,25)(H,23,24). The first-order valence-electron chi connectivity index (χ1n) is 8.94. The molecule has 1 heterocycles. The molecule has 2 unspecified atom stereocenters. The van der Waals surface area contributed by atoms with Crippen LogP contribution in [0.3, 0.4) is 0 Å². The Bertz CT molecular complexity index is 778. The van der Waals surface area contributed by atoms with Crippen LogP contribution in [0.25, 0.3) is 0 Å². The van der Waals surface area contributed by atoms with E-state index in [0.29, 0.717) is 5.56 Å². The Balaban J connectivity index is 2.08. The van der Waals surface area contributed by atoms with Gasteiger partial charge in [-0.1, -0.05) is 31.5 Å². The summed E-state index contributed by atoms with van der Waals surface area (Å²) in [5.41, 5.74) is 2.79. The maximum Gasteiger partial charge on any atom is 0.251 e. The molecule has 0 radical (unpaired) electrons. The highest BCUT2D eigenvalue weighted by Gasteiger charge is 2.26. The molecular formula is C21H28N2O2S. The molecule has 0 bridgehead atoms. The Morgan fingerprint density at radius 2 is 1.58 bits per heavy atom. The Hall–Kier alpha value is -2.14. The van der Waals surface area contributed by atoms with Crippen molar-refractivity contribution >= 4 is 23.2 Å². The number of carbonyl (C=O) groups is 2. The number of thiophene rings is 1. The molecule has 0 spiro atoms. The second kappa shape index (κ2) is 8.49. The molecule has 26 heavy (non-hydrogen) atoms. The van der Waals surface area contributed by atoms with Crippen LogP contribution in [0.2, 0.25) is 0 Å². The number of carbonyl (C=O) groups excluding carboxylic acids is 2. The lowest BCUT2D eigenvalue weighted by atomic mass is 10.0. The number of hydrogen-bond acceptors (Lipinski definition) is 3. The average Bonchev–Trinajstić information content (AvgIpc) is 2.91. The van der Waals surface area contributed by atoms with Gasteiger partial charge in [0.25, 0.3) is 5.91 Å². The van der Waals surface area contributed by atoms with Crippen molar-refractivity contribution in [1.29, 1.82) is 0 Å². The molecule has 5 heteroatoms. The van der Waals surface area contributed by atoms with Crippen LogP contribution in [0.15, 0.2) is 30.3 Å². The summed E-state index contributed by atoms with van der Waals surface area (Å²) in [6.07, 6.45) is 0. The fraction of sp³-hybridized carbons (Fsp3) is 0.429. The average molecular weight is 373 g/mol. The minimum Gasteiger partial charge on any atom is -0.348 e. The van der Waals surface area contributed by atoms with E-state index in [1.165, 1.54) is 9.75 Å². The van der Waals surface area contributed by atoms with Crippen LogP contribution in [0, 0.1) is 26.7 Å². The first-order valence-corrected chi connectivity index (χ1v) is 9.75. The van der Waals surface area contributed by atoms with E-state index in [1.54, 1.807) is 23.5 Å². The number of aryl methyl sites for hydroxylation is 3. The van der Waals surface area contributed by atoms with Crippen molar-refractivity contribution in [3.05, 3.63) is 56.8 Å². The topological polar surface area (TPSA) is 58.2 Å². The summed E-state index contributed by atoms with van der Waals surface area (Å²) in [4.78, 5) is 27.7. The maximum atomic E-state index is 12.8. The zero-order valence-electron chi connectivity index (χ0n) is 16.3. The van der Waals surface area contributed by atoms with Crippen LogP contribution in [0.5, 0.6) is 0 Å². The molecule has 2 amide bonds. The molecule has 2 N–H and O–H groups in total. The molecule has 1 aromatic carbocycles. The molecule has 0 aliphatic carbocycles. The van der Waals surface area contributed by atoms with Crippen molar-refractivity contribution < 1.29 is 9.59 Å². The highest BCUT2D eigenvalue weighted by molar-refractivity contribution is 7.12. The molecule has 0 saturated heterocycles. The van der Waals surface area contributed by atoms with Gasteiger partial charge < -0.3 is 10.6 Å². The van der Waals surface area contributed by atoms with Gasteiger partial charge in [0, 0.05) is 15.3 Å². The van der Waals surface area contributed by atoms with Gasteiger partial charge >= 0.3 is 0 Å². The van der Waals surface area contributed by atoms with Crippen molar-refractivity contribution in [3.8, 4) is 0 Å². The fourth-order valence-electron chi connectivity index (χ4n) is 2.93. The van der Waals surface area contributed by atoms with Crippen molar-refractivity contribution in [2.24, 2.45) is 5.92 Å². The number of amides is 2. The maximum absolute atomic E-state index is 12.8. The first kappa shape index (κ1) is 20.2. The van der Waals surface area contributed by atoms with E-state index in [9.17, 15) is 9.59 Å². The lowest BCUT2D eigenvalue weighted by Crippen LogP contribution is -2.50. The molecule has 0 aliphatic heterocycles. The van der Waals surface area contributed by atoms with Crippen LogP contribution >= 0.6 is 11.3 Å². The highest BCUT2D eigenvalue weighted by atomic mass is 32.1. The van der Waals surface area contributed by atoms with Gasteiger partial charge in [0.1, 0.15) is 6.04 Å². The van der Waals surface area contributed by atoms with Gasteiger partial charge in [0.15, 0.2) is 0 Å². The van der Waals surface area contributed by atoms with Crippen LogP contribution in [-0.2, 0) is 4.79 Å². The summed E-state index contributed by atoms with van der Waals surface area (Å²) in [5.74, 6) is -0.396. The van der Waals surface area contributed by atoms with E-state index in [-0.39, 0.29) is 23.8 Å². The third-order valence-corrected chi connectivity index (χ3v) is 5.44. The fourth-order valence-corrected chi connectivity index (χ4v) is 3.95. The SMILES string of the molecule is Cc1ccc(C(=O)NC(C(=O)NC(C)c2cc(C)sc2C)C(C)C)cc1. The summed E-state index contributed by atoms with van der Waals surface area (Å²) in [7, 11) is 0. The molecule has 0 aliphatic rings. The van der Waals surface area contributed by atoms with Crippen molar-refractivity contribution in [3.63, 3.8) is 0 Å². The van der Waals surface area contributed by atoms with Crippen molar-refractivity contribution in [2.75, 3.05) is 0 Å². The van der Waals surface area contributed by atoms with Crippen LogP contribution in [0.1, 0.15) is 58.1 Å². The minimum absolute atomic E-state index is 0.0121. The van der Waals surface area contributed by atoms with Gasteiger partial charge in [-0.15, -0.1) is 11.3 Å². The smallest absolute Gasteiger partial charge is 0.251 e. The molecule has 140 valence electrons. The van der Waals surface area contributed by atoms with E-state index >= 15 is 0 Å². The lowest BCUT2D eigenvalue weighted by molar-refractivity contribution is -0.124. The predicted octanol–water partition coefficient (Wildman–Crippen LogP) is 4.31. The Kier molecular flexibility index (Phi) is 6.59. The molecule has 4 nitrogen and oxygen atoms in total. The quantitative estimate of drug-likeness (QED) is 0.794. The normalized spacial score (nSPS) is 13.3.